The lowest BCUT2D eigenvalue weighted by atomic mass is 10.00. The Morgan fingerprint density at radius 1 is 1.21 bits per heavy atom. The molecule has 0 saturated heterocycles. The minimum atomic E-state index is -1.09. The number of hydrogen-bond acceptors (Lipinski definition) is 5. The van der Waals surface area contributed by atoms with Crippen molar-refractivity contribution in [2.45, 2.75) is 6.04 Å². The van der Waals surface area contributed by atoms with Crippen LogP contribution >= 0.6 is 0 Å². The van der Waals surface area contributed by atoms with Crippen molar-refractivity contribution in [2.24, 2.45) is 0 Å². The predicted molar refractivity (Wildman–Crippen MR) is 83.5 cm³/mol. The number of nitro benzene ring substituents is 1. The molecule has 0 saturated carbocycles. The maximum Gasteiger partial charge on any atom is 0.320 e. The van der Waals surface area contributed by atoms with Crippen molar-refractivity contribution < 1.29 is 19.5 Å². The van der Waals surface area contributed by atoms with Crippen molar-refractivity contribution in [3.63, 3.8) is 0 Å². The second kappa shape index (κ2) is 6.87. The van der Waals surface area contributed by atoms with Crippen molar-refractivity contribution in [3.8, 4) is 0 Å². The molecular weight excluding hydrogens is 318 g/mol. The molecular formula is C14H16N5O5+. The number of urea groups is 1. The van der Waals surface area contributed by atoms with E-state index >= 15 is 0 Å². The molecule has 1 aliphatic rings. The van der Waals surface area contributed by atoms with Crippen LogP contribution in [0.4, 0.5) is 10.5 Å². The fourth-order valence-corrected chi connectivity index (χ4v) is 2.22. The van der Waals surface area contributed by atoms with E-state index in [1.54, 1.807) is 6.20 Å². The van der Waals surface area contributed by atoms with Crippen LogP contribution in [0, 0.1) is 20.2 Å². The third kappa shape index (κ3) is 3.73. The second-order valence-corrected chi connectivity index (χ2v) is 5.35. The van der Waals surface area contributed by atoms with Gasteiger partial charge in [0.05, 0.1) is 30.1 Å². The summed E-state index contributed by atoms with van der Waals surface area (Å²) in [7, 11) is 3.62. The molecule has 0 aliphatic carbocycles. The number of nitrogens with zero attached hydrogens (tertiary/aromatic N) is 2. The van der Waals surface area contributed by atoms with Crippen LogP contribution in [0.15, 0.2) is 47.9 Å². The Morgan fingerprint density at radius 3 is 2.50 bits per heavy atom. The first kappa shape index (κ1) is 17.1. The minimum Gasteiger partial charge on any atom is -0.321 e. The molecule has 3 N–H and O–H groups in total. The molecule has 0 unspecified atom stereocenters. The average molecular weight is 334 g/mol. The summed E-state index contributed by atoms with van der Waals surface area (Å²) in [6.45, 7) is 0. The maximum absolute atomic E-state index is 11.8. The molecule has 10 heteroatoms. The summed E-state index contributed by atoms with van der Waals surface area (Å²) < 4.78 is 0. The zero-order valence-electron chi connectivity index (χ0n) is 13.0. The number of carbonyl (C=O) groups is 1. The van der Waals surface area contributed by atoms with Gasteiger partial charge in [0, 0.05) is 18.2 Å². The predicted octanol–water partition coefficient (Wildman–Crippen LogP) is 0.0952. The van der Waals surface area contributed by atoms with Crippen LogP contribution in [0.1, 0.15) is 11.6 Å². The molecule has 1 aromatic carbocycles. The Labute approximate surface area is 136 Å². The van der Waals surface area contributed by atoms with E-state index in [2.05, 4.69) is 10.6 Å². The number of quaternary nitrogens is 1. The first-order valence-electron chi connectivity index (χ1n) is 6.98. The number of allylic oxidation sites excluding steroid dienone is 1. The lowest BCUT2D eigenvalue weighted by Gasteiger charge is -2.23. The summed E-state index contributed by atoms with van der Waals surface area (Å²) >= 11 is 0. The molecule has 2 rings (SSSR count). The van der Waals surface area contributed by atoms with Gasteiger partial charge in [0.2, 0.25) is 0 Å². The van der Waals surface area contributed by atoms with E-state index in [1.807, 2.05) is 14.1 Å². The number of non-ortho nitro benzene ring substituents is 1. The van der Waals surface area contributed by atoms with E-state index in [-0.39, 0.29) is 22.6 Å². The SMILES string of the molecule is C[NH+](C)/C=C/C1=C([N+](=O)[O-])[C@H](c2cccc([N+](=O)[O-])c2)NC(=O)N1. The number of hydrogen-bond donors (Lipinski definition) is 3. The number of benzene rings is 1. The largest absolute Gasteiger partial charge is 0.321 e. The quantitative estimate of drug-likeness (QED) is 0.519. The zero-order valence-corrected chi connectivity index (χ0v) is 13.0. The average Bonchev–Trinajstić information content (AvgIpc) is 2.52. The number of nitrogens with one attached hydrogen (secondary N) is 3. The third-order valence-electron chi connectivity index (χ3n) is 3.27. The van der Waals surface area contributed by atoms with Gasteiger partial charge < -0.3 is 15.5 Å². The van der Waals surface area contributed by atoms with Crippen LogP contribution < -0.4 is 15.5 Å². The van der Waals surface area contributed by atoms with Gasteiger partial charge in [0.15, 0.2) is 0 Å². The van der Waals surface area contributed by atoms with Gasteiger partial charge in [-0.15, -0.1) is 0 Å². The van der Waals surface area contributed by atoms with E-state index in [4.69, 9.17) is 0 Å². The Hall–Kier alpha value is -3.27. The smallest absolute Gasteiger partial charge is 0.320 e. The van der Waals surface area contributed by atoms with Gasteiger partial charge in [-0.2, -0.15) is 0 Å². The molecule has 0 radical (unpaired) electrons. The molecule has 0 fully saturated rings. The van der Waals surface area contributed by atoms with Crippen molar-refractivity contribution >= 4 is 11.7 Å². The molecule has 1 heterocycles. The van der Waals surface area contributed by atoms with Crippen LogP contribution in [0.2, 0.25) is 0 Å². The summed E-state index contributed by atoms with van der Waals surface area (Å²) in [5.41, 5.74) is -0.194. The first-order chi connectivity index (χ1) is 11.3. The van der Waals surface area contributed by atoms with E-state index in [0.29, 0.717) is 0 Å². The standard InChI is InChI=1S/C14H15N5O5/c1-17(2)7-6-11-13(19(23)24)12(16-14(20)15-11)9-4-3-5-10(8-9)18(21)22/h3-8,12H,1-2H3,(H2,15,16,20)/p+1/b7-6+/t12-/m0/s1. The summed E-state index contributed by atoms with van der Waals surface area (Å²) in [5, 5.41) is 27.2. The highest BCUT2D eigenvalue weighted by Gasteiger charge is 2.36. The monoisotopic (exact) mass is 334 g/mol. The van der Waals surface area contributed by atoms with Gasteiger partial charge in [0.25, 0.3) is 11.4 Å². The van der Waals surface area contributed by atoms with Crippen molar-refractivity contribution in [3.05, 3.63) is 73.7 Å². The van der Waals surface area contributed by atoms with E-state index in [9.17, 15) is 25.0 Å². The first-order valence-corrected chi connectivity index (χ1v) is 6.98. The van der Waals surface area contributed by atoms with E-state index in [0.717, 1.165) is 4.90 Å². The molecule has 1 atom stereocenters. The number of nitro groups is 2. The number of amides is 2. The van der Waals surface area contributed by atoms with Crippen molar-refractivity contribution in [1.29, 1.82) is 0 Å². The topological polar surface area (TPSA) is 132 Å². The van der Waals surface area contributed by atoms with E-state index in [1.165, 1.54) is 30.3 Å². The lowest BCUT2D eigenvalue weighted by molar-refractivity contribution is -0.801. The lowest BCUT2D eigenvalue weighted by Crippen LogP contribution is -3.00. The Bertz CT molecular complexity index is 756. The van der Waals surface area contributed by atoms with Crippen molar-refractivity contribution in [1.82, 2.24) is 10.6 Å². The van der Waals surface area contributed by atoms with Gasteiger partial charge in [-0.3, -0.25) is 20.2 Å². The molecule has 0 bridgehead atoms. The highest BCUT2D eigenvalue weighted by molar-refractivity contribution is 5.79. The molecule has 0 aromatic heterocycles. The summed E-state index contributed by atoms with van der Waals surface area (Å²) in [4.78, 5) is 33.9. The van der Waals surface area contributed by atoms with Crippen LogP contribution in [0.5, 0.6) is 0 Å². The van der Waals surface area contributed by atoms with Crippen molar-refractivity contribution in [2.75, 3.05) is 14.1 Å². The Balaban J connectivity index is 2.55. The van der Waals surface area contributed by atoms with Gasteiger partial charge in [-0.25, -0.2) is 4.79 Å². The Kier molecular flexibility index (Phi) is 4.90. The van der Waals surface area contributed by atoms with Crippen LogP contribution in [0.3, 0.4) is 0 Å². The van der Waals surface area contributed by atoms with Gasteiger partial charge in [-0.05, 0) is 5.56 Å². The Morgan fingerprint density at radius 2 is 1.92 bits per heavy atom. The van der Waals surface area contributed by atoms with Gasteiger partial charge >= 0.3 is 6.03 Å². The molecule has 126 valence electrons. The molecule has 10 nitrogen and oxygen atoms in total. The zero-order chi connectivity index (χ0) is 17.9. The van der Waals surface area contributed by atoms with E-state index < -0.39 is 21.9 Å². The molecule has 1 aliphatic heterocycles. The maximum atomic E-state index is 11.8. The molecule has 2 amide bonds. The van der Waals surface area contributed by atoms with Crippen LogP contribution in [-0.4, -0.2) is 30.0 Å². The summed E-state index contributed by atoms with van der Waals surface area (Å²) in [5.74, 6) is 0. The minimum absolute atomic E-state index is 0.0430. The molecule has 0 spiro atoms. The normalized spacial score (nSPS) is 17.8. The van der Waals surface area contributed by atoms with Crippen LogP contribution in [0.25, 0.3) is 0 Å². The summed E-state index contributed by atoms with van der Waals surface area (Å²) in [6, 6.07) is 3.68. The van der Waals surface area contributed by atoms with Gasteiger partial charge in [-0.1, -0.05) is 12.1 Å². The summed E-state index contributed by atoms with van der Waals surface area (Å²) in [6.07, 6.45) is 3.07. The number of rotatable bonds is 5. The highest BCUT2D eigenvalue weighted by Crippen LogP contribution is 2.29. The van der Waals surface area contributed by atoms with Gasteiger partial charge in [0.1, 0.15) is 11.7 Å². The molecule has 24 heavy (non-hydrogen) atoms. The highest BCUT2D eigenvalue weighted by atomic mass is 16.6. The molecule has 1 aromatic rings. The second-order valence-electron chi connectivity index (χ2n) is 5.35. The fraction of sp³-hybridized carbons (Fsp3) is 0.214. The van der Waals surface area contributed by atoms with Crippen LogP contribution in [-0.2, 0) is 0 Å². The number of carbonyl (C=O) groups excluding carboxylic acids is 1. The third-order valence-corrected chi connectivity index (χ3v) is 3.27. The fourth-order valence-electron chi connectivity index (χ4n) is 2.22.